The molecule has 0 aliphatic carbocycles. The summed E-state index contributed by atoms with van der Waals surface area (Å²) in [4.78, 5) is 0. The van der Waals surface area contributed by atoms with E-state index in [1.54, 1.807) is 12.1 Å². The molecule has 4 aromatic rings. The summed E-state index contributed by atoms with van der Waals surface area (Å²) in [6.45, 7) is 0. The van der Waals surface area contributed by atoms with Gasteiger partial charge in [0.2, 0.25) is 5.89 Å². The van der Waals surface area contributed by atoms with E-state index in [4.69, 9.17) is 16.0 Å². The largest absolute Gasteiger partial charge is 0.411 e. The van der Waals surface area contributed by atoms with Gasteiger partial charge in [0.1, 0.15) is 0 Å². The fraction of sp³-hybridized carbons (Fsp3) is 0.0455. The van der Waals surface area contributed by atoms with E-state index in [-0.39, 0.29) is 0 Å². The van der Waals surface area contributed by atoms with Crippen LogP contribution in [0.1, 0.15) is 11.1 Å². The van der Waals surface area contributed by atoms with Crippen LogP contribution in [-0.4, -0.2) is 10.2 Å². The lowest BCUT2D eigenvalue weighted by Gasteiger charge is -2.05. The fourth-order valence-electron chi connectivity index (χ4n) is 2.76. The molecular formula is C22H14ClN3OS. The predicted molar refractivity (Wildman–Crippen MR) is 111 cm³/mol. The van der Waals surface area contributed by atoms with Crippen molar-refractivity contribution in [3.8, 4) is 28.7 Å². The predicted octanol–water partition coefficient (Wildman–Crippen LogP) is 6.22. The van der Waals surface area contributed by atoms with Crippen LogP contribution >= 0.6 is 23.4 Å². The maximum atomic E-state index is 9.26. The SMILES string of the molecule is N#Cc1ccccc1-c1ccc(CSc2nnc(-c3cccc(Cl)c3)o2)cc1. The minimum atomic E-state index is 0.452. The smallest absolute Gasteiger partial charge is 0.277 e. The number of halogens is 1. The average Bonchev–Trinajstić information content (AvgIpc) is 3.22. The second kappa shape index (κ2) is 8.30. The van der Waals surface area contributed by atoms with Crippen molar-refractivity contribution < 1.29 is 4.42 Å². The van der Waals surface area contributed by atoms with Crippen molar-refractivity contribution in [1.82, 2.24) is 10.2 Å². The molecule has 28 heavy (non-hydrogen) atoms. The Morgan fingerprint density at radius 3 is 2.54 bits per heavy atom. The third-order valence-corrected chi connectivity index (χ3v) is 5.28. The normalized spacial score (nSPS) is 10.6. The molecule has 0 aliphatic heterocycles. The van der Waals surface area contributed by atoms with E-state index in [2.05, 4.69) is 16.3 Å². The molecule has 4 nitrogen and oxygen atoms in total. The number of aromatic nitrogens is 2. The van der Waals surface area contributed by atoms with Gasteiger partial charge in [-0.2, -0.15) is 5.26 Å². The van der Waals surface area contributed by atoms with Crippen LogP contribution in [0.25, 0.3) is 22.6 Å². The number of thioether (sulfide) groups is 1. The van der Waals surface area contributed by atoms with Crippen molar-refractivity contribution in [2.24, 2.45) is 0 Å². The van der Waals surface area contributed by atoms with Crippen molar-refractivity contribution in [2.75, 3.05) is 0 Å². The molecule has 0 aliphatic rings. The fourth-order valence-corrected chi connectivity index (χ4v) is 3.67. The van der Waals surface area contributed by atoms with Crippen molar-refractivity contribution in [3.05, 3.63) is 88.9 Å². The van der Waals surface area contributed by atoms with Crippen LogP contribution in [0.2, 0.25) is 5.02 Å². The van der Waals surface area contributed by atoms with Crippen LogP contribution in [0.5, 0.6) is 0 Å². The topological polar surface area (TPSA) is 62.7 Å². The van der Waals surface area contributed by atoms with Gasteiger partial charge in [-0.1, -0.05) is 71.9 Å². The minimum Gasteiger partial charge on any atom is -0.411 e. The number of benzene rings is 3. The Morgan fingerprint density at radius 2 is 1.75 bits per heavy atom. The molecule has 0 bridgehead atoms. The third kappa shape index (κ3) is 4.09. The molecule has 0 saturated heterocycles. The lowest BCUT2D eigenvalue weighted by atomic mass is 10.00. The number of nitriles is 1. The molecule has 0 radical (unpaired) electrons. The molecule has 136 valence electrons. The van der Waals surface area contributed by atoms with Crippen LogP contribution in [0.15, 0.2) is 82.4 Å². The molecule has 0 unspecified atom stereocenters. The molecule has 6 heteroatoms. The second-order valence-corrected chi connectivity index (χ2v) is 7.39. The molecule has 0 N–H and O–H groups in total. The van der Waals surface area contributed by atoms with E-state index in [1.807, 2.05) is 60.7 Å². The third-order valence-electron chi connectivity index (χ3n) is 4.15. The molecule has 0 spiro atoms. The maximum absolute atomic E-state index is 9.26. The first-order valence-corrected chi connectivity index (χ1v) is 9.90. The first-order valence-electron chi connectivity index (χ1n) is 8.53. The molecule has 0 fully saturated rings. The Balaban J connectivity index is 1.44. The summed E-state index contributed by atoms with van der Waals surface area (Å²) < 4.78 is 5.72. The van der Waals surface area contributed by atoms with Gasteiger partial charge in [0.15, 0.2) is 0 Å². The lowest BCUT2D eigenvalue weighted by molar-refractivity contribution is 0.466. The summed E-state index contributed by atoms with van der Waals surface area (Å²) in [6, 6.07) is 25.3. The Morgan fingerprint density at radius 1 is 0.929 bits per heavy atom. The molecule has 3 aromatic carbocycles. The number of hydrogen-bond acceptors (Lipinski definition) is 5. The summed E-state index contributed by atoms with van der Waals surface area (Å²) in [7, 11) is 0. The van der Waals surface area contributed by atoms with Gasteiger partial charge >= 0.3 is 0 Å². The van der Waals surface area contributed by atoms with E-state index in [9.17, 15) is 5.26 Å². The highest BCUT2D eigenvalue weighted by atomic mass is 35.5. The zero-order valence-electron chi connectivity index (χ0n) is 14.7. The molecule has 0 atom stereocenters. The van der Waals surface area contributed by atoms with Gasteiger partial charge in [0.05, 0.1) is 11.6 Å². The van der Waals surface area contributed by atoms with E-state index >= 15 is 0 Å². The van der Waals surface area contributed by atoms with Gasteiger partial charge in [-0.15, -0.1) is 10.2 Å². The summed E-state index contributed by atoms with van der Waals surface area (Å²) in [5, 5.41) is 18.6. The summed E-state index contributed by atoms with van der Waals surface area (Å²) in [6.07, 6.45) is 0. The quantitative estimate of drug-likeness (QED) is 0.370. The highest BCUT2D eigenvalue weighted by molar-refractivity contribution is 7.98. The van der Waals surface area contributed by atoms with Crippen molar-refractivity contribution in [3.63, 3.8) is 0 Å². The van der Waals surface area contributed by atoms with Gasteiger partial charge in [-0.25, -0.2) is 0 Å². The Bertz CT molecular complexity index is 1150. The van der Waals surface area contributed by atoms with Crippen LogP contribution in [0, 0.1) is 11.3 Å². The standard InChI is InChI=1S/C22H14ClN3OS/c23-19-6-3-5-17(12-19)21-25-26-22(27-21)28-14-15-8-10-16(11-9-15)20-7-2-1-4-18(20)13-24/h1-12H,14H2. The van der Waals surface area contributed by atoms with Gasteiger partial charge in [-0.05, 0) is 41.0 Å². The zero-order valence-corrected chi connectivity index (χ0v) is 16.2. The van der Waals surface area contributed by atoms with Crippen molar-refractivity contribution in [1.29, 1.82) is 5.26 Å². The molecule has 1 heterocycles. The first-order chi connectivity index (χ1) is 13.7. The molecule has 4 rings (SSSR count). The van der Waals surface area contributed by atoms with Gasteiger partial charge in [0, 0.05) is 16.3 Å². The van der Waals surface area contributed by atoms with Gasteiger partial charge < -0.3 is 4.42 Å². The summed E-state index contributed by atoms with van der Waals surface area (Å²) >= 11 is 7.48. The van der Waals surface area contributed by atoms with E-state index in [0.717, 1.165) is 22.3 Å². The monoisotopic (exact) mass is 403 g/mol. The van der Waals surface area contributed by atoms with Crippen LogP contribution in [0.4, 0.5) is 0 Å². The number of hydrogen-bond donors (Lipinski definition) is 0. The second-order valence-electron chi connectivity index (χ2n) is 6.03. The van der Waals surface area contributed by atoms with E-state index in [1.165, 1.54) is 11.8 Å². The Kier molecular flexibility index (Phi) is 5.43. The molecular weight excluding hydrogens is 390 g/mol. The zero-order chi connectivity index (χ0) is 19.3. The summed E-state index contributed by atoms with van der Waals surface area (Å²) in [5.74, 6) is 1.16. The Hall–Kier alpha value is -3.07. The molecule has 0 amide bonds. The maximum Gasteiger partial charge on any atom is 0.277 e. The number of rotatable bonds is 5. The van der Waals surface area contributed by atoms with Crippen molar-refractivity contribution >= 4 is 23.4 Å². The van der Waals surface area contributed by atoms with Crippen LogP contribution < -0.4 is 0 Å². The van der Waals surface area contributed by atoms with Gasteiger partial charge in [-0.3, -0.25) is 0 Å². The highest BCUT2D eigenvalue weighted by Crippen LogP contribution is 2.28. The van der Waals surface area contributed by atoms with Crippen molar-refractivity contribution in [2.45, 2.75) is 11.0 Å². The van der Waals surface area contributed by atoms with Crippen LogP contribution in [0.3, 0.4) is 0 Å². The molecule has 0 saturated carbocycles. The minimum absolute atomic E-state index is 0.452. The lowest BCUT2D eigenvalue weighted by Crippen LogP contribution is -1.85. The number of nitrogens with zero attached hydrogens (tertiary/aromatic N) is 3. The van der Waals surface area contributed by atoms with E-state index in [0.29, 0.717) is 27.5 Å². The molecule has 1 aromatic heterocycles. The van der Waals surface area contributed by atoms with Crippen LogP contribution in [-0.2, 0) is 5.75 Å². The first kappa shape index (κ1) is 18.3. The summed E-state index contributed by atoms with van der Waals surface area (Å²) in [5.41, 5.74) is 4.56. The average molecular weight is 404 g/mol. The highest BCUT2D eigenvalue weighted by Gasteiger charge is 2.10. The van der Waals surface area contributed by atoms with Gasteiger partial charge in [0.25, 0.3) is 5.22 Å². The Labute approximate surface area is 171 Å². The van der Waals surface area contributed by atoms with E-state index < -0.39 is 0 Å².